The number of carbonyl (C=O) groups is 1. The molecule has 0 saturated carbocycles. The Kier molecular flexibility index (Phi) is 4.54. The monoisotopic (exact) mass is 380 g/mol. The number of aromatic nitrogens is 2. The maximum absolute atomic E-state index is 12.4. The van der Waals surface area contributed by atoms with E-state index in [1.807, 2.05) is 0 Å². The Morgan fingerprint density at radius 1 is 1.29 bits per heavy atom. The van der Waals surface area contributed by atoms with Crippen LogP contribution in [-0.4, -0.2) is 33.2 Å². The molecule has 0 spiro atoms. The van der Waals surface area contributed by atoms with Crippen molar-refractivity contribution in [3.05, 3.63) is 53.5 Å². The number of hydrogen-bond acceptors (Lipinski definition) is 6. The molecule has 1 amide bonds. The molecule has 1 aromatic heterocycles. The number of thiocarbonyl (C=S) groups is 1. The number of aryl methyl sites for hydroxylation is 1. The Labute approximate surface area is 148 Å². The third kappa shape index (κ3) is 3.26. The number of amides is 1. The average molecular weight is 380 g/mol. The number of sulfonamides is 1. The minimum atomic E-state index is -3.90. The van der Waals surface area contributed by atoms with Gasteiger partial charge in [-0.3, -0.25) is 4.79 Å². The molecule has 1 aliphatic heterocycles. The van der Waals surface area contributed by atoms with Gasteiger partial charge < -0.3 is 4.57 Å². The van der Waals surface area contributed by atoms with Gasteiger partial charge in [0, 0.05) is 25.5 Å². The fourth-order valence-electron chi connectivity index (χ4n) is 1.95. The van der Waals surface area contributed by atoms with Gasteiger partial charge >= 0.3 is 0 Å². The summed E-state index contributed by atoms with van der Waals surface area (Å²) in [6, 6.07) is 7.77. The smallest absolute Gasteiger partial charge is 0.281 e. The standard InChI is InChI=1S/C14H12N4O3S3/c1-17-8-7-15-12(17)9-11-13(19)18(14(22)23-11)16-24(20,21)10-5-3-2-4-6-10/h2-9,16H,1H3/b11-9+. The van der Waals surface area contributed by atoms with Crippen LogP contribution in [0.2, 0.25) is 0 Å². The Hall–Kier alpha value is -2.01. The Bertz CT molecular complexity index is 935. The predicted octanol–water partition coefficient (Wildman–Crippen LogP) is 1.51. The molecule has 0 atom stereocenters. The number of rotatable bonds is 4. The quantitative estimate of drug-likeness (QED) is 0.639. The Morgan fingerprint density at radius 2 is 2.00 bits per heavy atom. The normalized spacial score (nSPS) is 17.0. The van der Waals surface area contributed by atoms with E-state index in [0.717, 1.165) is 16.8 Å². The van der Waals surface area contributed by atoms with Gasteiger partial charge in [-0.1, -0.05) is 42.2 Å². The summed E-state index contributed by atoms with van der Waals surface area (Å²) in [5, 5.41) is 0.858. The molecular formula is C14H12N4O3S3. The van der Waals surface area contributed by atoms with Gasteiger partial charge in [0.2, 0.25) is 0 Å². The highest BCUT2D eigenvalue weighted by Gasteiger charge is 2.35. The number of nitrogens with one attached hydrogen (secondary N) is 1. The van der Waals surface area contributed by atoms with E-state index >= 15 is 0 Å². The van der Waals surface area contributed by atoms with Crippen molar-refractivity contribution in [2.45, 2.75) is 4.90 Å². The van der Waals surface area contributed by atoms with Gasteiger partial charge in [-0.25, -0.2) is 18.4 Å². The molecule has 3 rings (SSSR count). The number of hydrazine groups is 1. The SMILES string of the molecule is Cn1ccnc1/C=C1/SC(=S)N(NS(=O)(=O)c2ccccc2)C1=O. The van der Waals surface area contributed by atoms with Crippen molar-refractivity contribution in [3.63, 3.8) is 0 Å². The lowest BCUT2D eigenvalue weighted by atomic mass is 10.4. The highest BCUT2D eigenvalue weighted by Crippen LogP contribution is 2.31. The fraction of sp³-hybridized carbons (Fsp3) is 0.0714. The van der Waals surface area contributed by atoms with Crippen molar-refractivity contribution in [3.8, 4) is 0 Å². The summed E-state index contributed by atoms with van der Waals surface area (Å²) in [7, 11) is -2.11. The van der Waals surface area contributed by atoms with Crippen molar-refractivity contribution in [2.75, 3.05) is 0 Å². The molecule has 10 heteroatoms. The fourth-order valence-corrected chi connectivity index (χ4v) is 4.25. The molecule has 1 aromatic carbocycles. The van der Waals surface area contributed by atoms with E-state index in [4.69, 9.17) is 12.2 Å². The number of benzene rings is 1. The van der Waals surface area contributed by atoms with E-state index in [0.29, 0.717) is 10.7 Å². The van der Waals surface area contributed by atoms with Gasteiger partial charge in [0.25, 0.3) is 15.9 Å². The predicted molar refractivity (Wildman–Crippen MR) is 95.0 cm³/mol. The zero-order valence-electron chi connectivity index (χ0n) is 12.4. The number of imidazole rings is 1. The van der Waals surface area contributed by atoms with Crippen molar-refractivity contribution >= 4 is 50.3 Å². The molecule has 0 aliphatic carbocycles. The lowest BCUT2D eigenvalue weighted by Crippen LogP contribution is -2.44. The molecule has 1 saturated heterocycles. The molecule has 0 radical (unpaired) electrons. The summed E-state index contributed by atoms with van der Waals surface area (Å²) in [5.74, 6) is 0.0360. The second-order valence-electron chi connectivity index (χ2n) is 4.82. The molecule has 1 aliphatic rings. The maximum Gasteiger partial charge on any atom is 0.281 e. The lowest BCUT2D eigenvalue weighted by Gasteiger charge is -2.15. The van der Waals surface area contributed by atoms with Gasteiger partial charge in [0.05, 0.1) is 9.80 Å². The Balaban J connectivity index is 1.85. The third-order valence-electron chi connectivity index (χ3n) is 3.18. The van der Waals surface area contributed by atoms with Crippen LogP contribution in [0.15, 0.2) is 52.5 Å². The van der Waals surface area contributed by atoms with Crippen molar-refractivity contribution < 1.29 is 13.2 Å². The van der Waals surface area contributed by atoms with Gasteiger partial charge in [-0.2, -0.15) is 0 Å². The largest absolute Gasteiger partial charge is 0.335 e. The summed E-state index contributed by atoms with van der Waals surface area (Å²) in [4.78, 5) is 19.1. The molecule has 0 unspecified atom stereocenters. The van der Waals surface area contributed by atoms with E-state index in [2.05, 4.69) is 9.82 Å². The second-order valence-corrected chi connectivity index (χ2v) is 8.16. The summed E-state index contributed by atoms with van der Waals surface area (Å²) in [6.07, 6.45) is 4.91. The number of carbonyl (C=O) groups excluding carboxylic acids is 1. The summed E-state index contributed by atoms with van der Waals surface area (Å²) >= 11 is 6.13. The molecule has 7 nitrogen and oxygen atoms in total. The van der Waals surface area contributed by atoms with E-state index in [1.165, 1.54) is 12.1 Å². The van der Waals surface area contributed by atoms with Crippen molar-refractivity contribution in [1.82, 2.24) is 19.4 Å². The number of hydrogen-bond donors (Lipinski definition) is 1. The molecule has 1 N–H and O–H groups in total. The molecule has 0 bridgehead atoms. The summed E-state index contributed by atoms with van der Waals surface area (Å²) in [6.45, 7) is 0. The third-order valence-corrected chi connectivity index (χ3v) is 5.80. The van der Waals surface area contributed by atoms with Crippen LogP contribution >= 0.6 is 24.0 Å². The van der Waals surface area contributed by atoms with Crippen LogP contribution in [0.1, 0.15) is 5.82 Å². The van der Waals surface area contributed by atoms with Crippen LogP contribution in [0.5, 0.6) is 0 Å². The van der Waals surface area contributed by atoms with Gasteiger partial charge in [0.1, 0.15) is 5.82 Å². The molecule has 2 aromatic rings. The van der Waals surface area contributed by atoms with Crippen LogP contribution in [0.4, 0.5) is 0 Å². The minimum Gasteiger partial charge on any atom is -0.335 e. The van der Waals surface area contributed by atoms with Crippen LogP contribution in [0.25, 0.3) is 6.08 Å². The van der Waals surface area contributed by atoms with Gasteiger partial charge in [-0.05, 0) is 12.1 Å². The first kappa shape index (κ1) is 16.8. The first-order chi connectivity index (χ1) is 11.4. The van der Waals surface area contributed by atoms with Crippen LogP contribution in [-0.2, 0) is 21.9 Å². The zero-order valence-corrected chi connectivity index (χ0v) is 14.9. The summed E-state index contributed by atoms with van der Waals surface area (Å²) < 4.78 is 26.5. The highest BCUT2D eigenvalue weighted by molar-refractivity contribution is 8.26. The van der Waals surface area contributed by atoms with Crippen LogP contribution in [0, 0.1) is 0 Å². The minimum absolute atomic E-state index is 0.0483. The highest BCUT2D eigenvalue weighted by atomic mass is 32.2. The summed E-state index contributed by atoms with van der Waals surface area (Å²) in [5.41, 5.74) is 0. The molecule has 2 heterocycles. The lowest BCUT2D eigenvalue weighted by molar-refractivity contribution is -0.123. The van der Waals surface area contributed by atoms with Crippen molar-refractivity contribution in [1.29, 1.82) is 0 Å². The molecule has 124 valence electrons. The molecule has 1 fully saturated rings. The first-order valence-electron chi connectivity index (χ1n) is 6.71. The van der Waals surface area contributed by atoms with Gasteiger partial charge in [0.15, 0.2) is 4.32 Å². The topological polar surface area (TPSA) is 84.3 Å². The van der Waals surface area contributed by atoms with E-state index in [9.17, 15) is 13.2 Å². The van der Waals surface area contributed by atoms with Gasteiger partial charge in [-0.15, -0.1) is 4.83 Å². The van der Waals surface area contributed by atoms with Crippen LogP contribution in [0.3, 0.4) is 0 Å². The maximum atomic E-state index is 12.4. The van der Waals surface area contributed by atoms with E-state index < -0.39 is 15.9 Å². The van der Waals surface area contributed by atoms with Crippen molar-refractivity contribution in [2.24, 2.45) is 7.05 Å². The van der Waals surface area contributed by atoms with E-state index in [1.54, 1.807) is 48.3 Å². The molecular weight excluding hydrogens is 368 g/mol. The molecule has 24 heavy (non-hydrogen) atoms. The second kappa shape index (κ2) is 6.48. The number of thioether (sulfide) groups is 1. The Morgan fingerprint density at radius 3 is 2.62 bits per heavy atom. The average Bonchev–Trinajstić information content (AvgIpc) is 3.07. The number of nitrogens with zero attached hydrogens (tertiary/aromatic N) is 3. The van der Waals surface area contributed by atoms with E-state index in [-0.39, 0.29) is 9.22 Å². The first-order valence-corrected chi connectivity index (χ1v) is 9.42. The zero-order chi connectivity index (χ0) is 17.3. The van der Waals surface area contributed by atoms with Crippen LogP contribution < -0.4 is 4.83 Å².